The van der Waals surface area contributed by atoms with Crippen molar-refractivity contribution < 1.29 is 9.18 Å². The Bertz CT molecular complexity index is 965. The van der Waals surface area contributed by atoms with Gasteiger partial charge in [-0.1, -0.05) is 6.07 Å². The van der Waals surface area contributed by atoms with Crippen molar-refractivity contribution in [3.05, 3.63) is 64.9 Å². The molecule has 1 aromatic carbocycles. The number of amides is 1. The van der Waals surface area contributed by atoms with E-state index in [0.717, 1.165) is 29.6 Å². The van der Waals surface area contributed by atoms with E-state index in [9.17, 15) is 9.18 Å². The Kier molecular flexibility index (Phi) is 3.75. The van der Waals surface area contributed by atoms with Crippen molar-refractivity contribution in [3.63, 3.8) is 0 Å². The number of rotatable bonds is 2. The predicted octanol–water partition coefficient (Wildman–Crippen LogP) is 3.46. The Morgan fingerprint density at radius 1 is 1.28 bits per heavy atom. The highest BCUT2D eigenvalue weighted by Crippen LogP contribution is 2.35. The van der Waals surface area contributed by atoms with Crippen LogP contribution in [-0.2, 0) is 0 Å². The Labute approximate surface area is 145 Å². The van der Waals surface area contributed by atoms with Gasteiger partial charge in [-0.15, -0.1) is 0 Å². The number of aromatic nitrogens is 3. The maximum atomic E-state index is 13.4. The van der Waals surface area contributed by atoms with Gasteiger partial charge in [0.1, 0.15) is 5.82 Å². The minimum absolute atomic E-state index is 0.0270. The summed E-state index contributed by atoms with van der Waals surface area (Å²) in [5.74, 6) is -0.296. The van der Waals surface area contributed by atoms with E-state index in [-0.39, 0.29) is 17.8 Å². The molecule has 2 aromatic heterocycles. The first-order chi connectivity index (χ1) is 12.0. The number of aryl methyl sites for hydroxylation is 2. The topological polar surface area (TPSA) is 50.5 Å². The molecule has 0 bridgehead atoms. The van der Waals surface area contributed by atoms with Crippen LogP contribution in [0.2, 0.25) is 0 Å². The molecule has 1 unspecified atom stereocenters. The zero-order chi connectivity index (χ0) is 17.6. The Morgan fingerprint density at radius 2 is 2.12 bits per heavy atom. The molecule has 3 heterocycles. The monoisotopic (exact) mass is 338 g/mol. The summed E-state index contributed by atoms with van der Waals surface area (Å²) in [5.41, 5.74) is 3.86. The average molecular weight is 338 g/mol. The molecule has 0 radical (unpaired) electrons. The van der Waals surface area contributed by atoms with Crippen LogP contribution in [0.5, 0.6) is 0 Å². The summed E-state index contributed by atoms with van der Waals surface area (Å²) in [4.78, 5) is 19.5. The van der Waals surface area contributed by atoms with Gasteiger partial charge in [0.15, 0.2) is 5.65 Å². The van der Waals surface area contributed by atoms with Crippen molar-refractivity contribution >= 4 is 11.6 Å². The number of likely N-dealkylation sites (tertiary alicyclic amines) is 1. The van der Waals surface area contributed by atoms with Crippen LogP contribution in [0.15, 0.2) is 36.7 Å². The lowest BCUT2D eigenvalue weighted by molar-refractivity contribution is 0.0733. The Hall–Kier alpha value is -2.76. The lowest BCUT2D eigenvalue weighted by atomic mass is 9.99. The van der Waals surface area contributed by atoms with Crippen molar-refractivity contribution in [1.82, 2.24) is 19.5 Å². The number of benzene rings is 1. The van der Waals surface area contributed by atoms with E-state index in [0.29, 0.717) is 17.8 Å². The standard InChI is InChI=1S/C19H19FN4O/c1-12-10-14(20)5-6-15(12)17-4-3-9-23(17)19(25)16-11-24-18(7-8-21-24)22-13(16)2/h5-8,10-11,17H,3-4,9H2,1-2H3. The zero-order valence-corrected chi connectivity index (χ0v) is 14.2. The number of hydrogen-bond donors (Lipinski definition) is 0. The van der Waals surface area contributed by atoms with Crippen LogP contribution in [0.1, 0.15) is 46.1 Å². The molecule has 0 saturated carbocycles. The Morgan fingerprint density at radius 3 is 2.92 bits per heavy atom. The smallest absolute Gasteiger partial charge is 0.257 e. The molecule has 4 rings (SSSR count). The summed E-state index contributed by atoms with van der Waals surface area (Å²) in [6, 6.07) is 6.57. The summed E-state index contributed by atoms with van der Waals surface area (Å²) in [5, 5.41) is 4.17. The summed E-state index contributed by atoms with van der Waals surface area (Å²) in [6.45, 7) is 4.42. The highest BCUT2D eigenvalue weighted by molar-refractivity contribution is 5.95. The second kappa shape index (κ2) is 5.95. The molecule has 25 heavy (non-hydrogen) atoms. The third kappa shape index (κ3) is 2.67. The predicted molar refractivity (Wildman–Crippen MR) is 91.9 cm³/mol. The third-order valence-corrected chi connectivity index (χ3v) is 4.91. The zero-order valence-electron chi connectivity index (χ0n) is 14.2. The molecule has 1 aliphatic heterocycles. The van der Waals surface area contributed by atoms with Gasteiger partial charge in [0.25, 0.3) is 5.91 Å². The quantitative estimate of drug-likeness (QED) is 0.719. The molecule has 0 N–H and O–H groups in total. The maximum absolute atomic E-state index is 13.4. The molecular formula is C19H19FN4O. The first kappa shape index (κ1) is 15.7. The SMILES string of the molecule is Cc1cc(F)ccc1C1CCCN1C(=O)c1cn2nccc2nc1C. The fraction of sp³-hybridized carbons (Fsp3) is 0.316. The van der Waals surface area contributed by atoms with Crippen LogP contribution in [0.4, 0.5) is 4.39 Å². The molecule has 1 amide bonds. The van der Waals surface area contributed by atoms with E-state index in [1.807, 2.05) is 24.8 Å². The molecule has 5 nitrogen and oxygen atoms in total. The molecule has 1 atom stereocenters. The van der Waals surface area contributed by atoms with Crippen LogP contribution >= 0.6 is 0 Å². The molecule has 128 valence electrons. The summed E-state index contributed by atoms with van der Waals surface area (Å²) in [7, 11) is 0. The minimum Gasteiger partial charge on any atom is -0.331 e. The van der Waals surface area contributed by atoms with Gasteiger partial charge in [0, 0.05) is 18.8 Å². The third-order valence-electron chi connectivity index (χ3n) is 4.91. The summed E-state index contributed by atoms with van der Waals surface area (Å²) < 4.78 is 15.0. The van der Waals surface area contributed by atoms with E-state index in [4.69, 9.17) is 0 Å². The largest absolute Gasteiger partial charge is 0.331 e. The molecular weight excluding hydrogens is 319 g/mol. The molecule has 1 fully saturated rings. The van der Waals surface area contributed by atoms with Crippen LogP contribution in [-0.4, -0.2) is 31.9 Å². The van der Waals surface area contributed by atoms with Crippen molar-refractivity contribution in [3.8, 4) is 0 Å². The van der Waals surface area contributed by atoms with Crippen molar-refractivity contribution in [2.45, 2.75) is 32.7 Å². The van der Waals surface area contributed by atoms with Crippen LogP contribution in [0.3, 0.4) is 0 Å². The molecule has 6 heteroatoms. The van der Waals surface area contributed by atoms with E-state index in [1.165, 1.54) is 12.1 Å². The highest BCUT2D eigenvalue weighted by atomic mass is 19.1. The number of hydrogen-bond acceptors (Lipinski definition) is 3. The summed E-state index contributed by atoms with van der Waals surface area (Å²) in [6.07, 6.45) is 5.22. The first-order valence-electron chi connectivity index (χ1n) is 8.42. The van der Waals surface area contributed by atoms with Crippen LogP contribution in [0, 0.1) is 19.7 Å². The second-order valence-electron chi connectivity index (χ2n) is 6.53. The number of carbonyl (C=O) groups is 1. The van der Waals surface area contributed by atoms with Gasteiger partial charge < -0.3 is 4.90 Å². The molecule has 1 saturated heterocycles. The maximum Gasteiger partial charge on any atom is 0.257 e. The fourth-order valence-electron chi connectivity index (χ4n) is 3.65. The van der Waals surface area contributed by atoms with Crippen LogP contribution in [0.25, 0.3) is 5.65 Å². The molecule has 3 aromatic rings. The van der Waals surface area contributed by atoms with Gasteiger partial charge in [0.05, 0.1) is 23.5 Å². The number of nitrogens with zero attached hydrogens (tertiary/aromatic N) is 4. The van der Waals surface area contributed by atoms with Gasteiger partial charge >= 0.3 is 0 Å². The van der Waals surface area contributed by atoms with E-state index < -0.39 is 0 Å². The van der Waals surface area contributed by atoms with Gasteiger partial charge in [-0.3, -0.25) is 4.79 Å². The second-order valence-corrected chi connectivity index (χ2v) is 6.53. The van der Waals surface area contributed by atoms with Crippen molar-refractivity contribution in [1.29, 1.82) is 0 Å². The Balaban J connectivity index is 1.71. The first-order valence-corrected chi connectivity index (χ1v) is 8.42. The van der Waals surface area contributed by atoms with Gasteiger partial charge in [-0.25, -0.2) is 13.9 Å². The van der Waals surface area contributed by atoms with Gasteiger partial charge in [0.2, 0.25) is 0 Å². The van der Waals surface area contributed by atoms with E-state index in [2.05, 4.69) is 10.1 Å². The molecule has 0 spiro atoms. The number of carbonyl (C=O) groups excluding carboxylic acids is 1. The minimum atomic E-state index is -0.249. The van der Waals surface area contributed by atoms with Gasteiger partial charge in [-0.2, -0.15) is 5.10 Å². The lowest BCUT2D eigenvalue weighted by Crippen LogP contribution is -2.32. The normalized spacial score (nSPS) is 17.4. The lowest BCUT2D eigenvalue weighted by Gasteiger charge is -2.27. The van der Waals surface area contributed by atoms with Crippen molar-refractivity contribution in [2.75, 3.05) is 6.54 Å². The van der Waals surface area contributed by atoms with Crippen molar-refractivity contribution in [2.24, 2.45) is 0 Å². The van der Waals surface area contributed by atoms with E-state index >= 15 is 0 Å². The summed E-state index contributed by atoms with van der Waals surface area (Å²) >= 11 is 0. The number of halogens is 1. The number of fused-ring (bicyclic) bond motifs is 1. The fourth-order valence-corrected chi connectivity index (χ4v) is 3.65. The molecule has 1 aliphatic rings. The van der Waals surface area contributed by atoms with E-state index in [1.54, 1.807) is 23.0 Å². The van der Waals surface area contributed by atoms with Gasteiger partial charge in [-0.05, 0) is 49.9 Å². The molecule has 0 aliphatic carbocycles. The van der Waals surface area contributed by atoms with Crippen LogP contribution < -0.4 is 0 Å². The highest BCUT2D eigenvalue weighted by Gasteiger charge is 2.32. The average Bonchev–Trinajstić information content (AvgIpc) is 3.22.